The van der Waals surface area contributed by atoms with Crippen LogP contribution < -0.4 is 5.43 Å². The molecule has 2 aromatic carbocycles. The molecule has 0 aliphatic heterocycles. The van der Waals surface area contributed by atoms with E-state index in [-0.39, 0.29) is 5.91 Å². The van der Waals surface area contributed by atoms with E-state index in [1.54, 1.807) is 12.3 Å². The van der Waals surface area contributed by atoms with Gasteiger partial charge in [0.05, 0.1) is 17.6 Å². The van der Waals surface area contributed by atoms with Crippen molar-refractivity contribution in [1.82, 2.24) is 15.2 Å². The van der Waals surface area contributed by atoms with Gasteiger partial charge in [0.25, 0.3) is 5.91 Å². The molecule has 6 heteroatoms. The Labute approximate surface area is 173 Å². The third kappa shape index (κ3) is 4.67. The quantitative estimate of drug-likeness (QED) is 0.376. The summed E-state index contributed by atoms with van der Waals surface area (Å²) < 4.78 is 1.90. The molecule has 0 saturated carbocycles. The first-order valence-corrected chi connectivity index (χ1v) is 10.1. The SMILES string of the molecule is Cc1cccc(-c2nn(Cc3ccccc3)cc2/C=N\NC(=O)c2cccs2)c1. The first-order valence-electron chi connectivity index (χ1n) is 9.24. The summed E-state index contributed by atoms with van der Waals surface area (Å²) in [5.74, 6) is -0.218. The number of nitrogens with one attached hydrogen (secondary N) is 1. The van der Waals surface area contributed by atoms with Crippen molar-refractivity contribution in [3.63, 3.8) is 0 Å². The van der Waals surface area contributed by atoms with Gasteiger partial charge in [0.15, 0.2) is 0 Å². The van der Waals surface area contributed by atoms with Crippen LogP contribution in [0.5, 0.6) is 0 Å². The van der Waals surface area contributed by atoms with Crippen LogP contribution in [0.25, 0.3) is 11.3 Å². The minimum Gasteiger partial charge on any atom is -0.267 e. The maximum atomic E-state index is 12.1. The van der Waals surface area contributed by atoms with Gasteiger partial charge < -0.3 is 0 Å². The molecule has 29 heavy (non-hydrogen) atoms. The molecule has 144 valence electrons. The van der Waals surface area contributed by atoms with Gasteiger partial charge >= 0.3 is 0 Å². The Morgan fingerprint density at radius 1 is 1.14 bits per heavy atom. The van der Waals surface area contributed by atoms with E-state index in [2.05, 4.69) is 41.7 Å². The standard InChI is InChI=1S/C23H20N4OS/c1-17-7-5-10-19(13-17)22-20(14-24-25-23(28)21-11-6-12-29-21)16-27(26-22)15-18-8-3-2-4-9-18/h2-14,16H,15H2,1H3,(H,25,28)/b24-14-. The fourth-order valence-electron chi connectivity index (χ4n) is 3.02. The lowest BCUT2D eigenvalue weighted by atomic mass is 10.1. The van der Waals surface area contributed by atoms with Gasteiger partial charge in [-0.3, -0.25) is 9.48 Å². The number of hydrogen-bond acceptors (Lipinski definition) is 4. The van der Waals surface area contributed by atoms with Gasteiger partial charge in [-0.15, -0.1) is 11.3 Å². The molecule has 2 heterocycles. The van der Waals surface area contributed by atoms with Crippen LogP contribution in [0, 0.1) is 6.92 Å². The van der Waals surface area contributed by atoms with Gasteiger partial charge in [0.2, 0.25) is 0 Å². The summed E-state index contributed by atoms with van der Waals surface area (Å²) in [5.41, 5.74) is 7.61. The van der Waals surface area contributed by atoms with Crippen LogP contribution in [0.15, 0.2) is 83.4 Å². The summed E-state index contributed by atoms with van der Waals surface area (Å²) in [6.07, 6.45) is 3.60. The van der Waals surface area contributed by atoms with Crippen molar-refractivity contribution in [3.05, 3.63) is 99.9 Å². The average molecular weight is 401 g/mol. The lowest BCUT2D eigenvalue weighted by molar-refractivity contribution is 0.0959. The van der Waals surface area contributed by atoms with E-state index in [1.807, 2.05) is 52.7 Å². The Bertz CT molecular complexity index is 1130. The van der Waals surface area contributed by atoms with Gasteiger partial charge in [0.1, 0.15) is 5.69 Å². The number of nitrogens with zero attached hydrogens (tertiary/aromatic N) is 3. The third-order valence-electron chi connectivity index (χ3n) is 4.38. The Kier molecular flexibility index (Phi) is 5.63. The van der Waals surface area contributed by atoms with E-state index >= 15 is 0 Å². The maximum absolute atomic E-state index is 12.1. The predicted molar refractivity (Wildman–Crippen MR) is 117 cm³/mol. The van der Waals surface area contributed by atoms with Gasteiger partial charge in [0, 0.05) is 17.3 Å². The molecular weight excluding hydrogens is 380 g/mol. The summed E-state index contributed by atoms with van der Waals surface area (Å²) in [4.78, 5) is 12.7. The summed E-state index contributed by atoms with van der Waals surface area (Å²) in [7, 11) is 0. The third-order valence-corrected chi connectivity index (χ3v) is 5.25. The first kappa shape index (κ1) is 18.8. The van der Waals surface area contributed by atoms with Gasteiger partial charge in [-0.2, -0.15) is 10.2 Å². The molecule has 0 bridgehead atoms. The van der Waals surface area contributed by atoms with Crippen LogP contribution in [0.2, 0.25) is 0 Å². The van der Waals surface area contributed by atoms with Gasteiger partial charge in [-0.25, -0.2) is 5.43 Å². The zero-order valence-electron chi connectivity index (χ0n) is 15.9. The van der Waals surface area contributed by atoms with Crippen molar-refractivity contribution in [2.24, 2.45) is 5.10 Å². The van der Waals surface area contributed by atoms with Crippen molar-refractivity contribution in [2.75, 3.05) is 0 Å². The van der Waals surface area contributed by atoms with E-state index in [0.29, 0.717) is 11.4 Å². The fourth-order valence-corrected chi connectivity index (χ4v) is 3.64. The van der Waals surface area contributed by atoms with E-state index in [9.17, 15) is 4.79 Å². The molecular formula is C23H20N4OS. The Balaban J connectivity index is 1.61. The molecule has 4 rings (SSSR count). The highest BCUT2D eigenvalue weighted by molar-refractivity contribution is 7.12. The van der Waals surface area contributed by atoms with Crippen molar-refractivity contribution >= 4 is 23.5 Å². The second-order valence-corrected chi connectivity index (χ2v) is 7.61. The lowest BCUT2D eigenvalue weighted by Gasteiger charge is -2.02. The Morgan fingerprint density at radius 3 is 2.76 bits per heavy atom. The number of hydrazone groups is 1. The van der Waals surface area contributed by atoms with Gasteiger partial charge in [-0.1, -0.05) is 60.2 Å². The normalized spacial score (nSPS) is 11.1. The monoisotopic (exact) mass is 400 g/mol. The molecule has 0 atom stereocenters. The van der Waals surface area contributed by atoms with E-state index in [0.717, 1.165) is 22.4 Å². The summed E-state index contributed by atoms with van der Waals surface area (Å²) in [6.45, 7) is 2.72. The number of benzene rings is 2. The summed E-state index contributed by atoms with van der Waals surface area (Å²) >= 11 is 1.38. The van der Waals surface area contributed by atoms with Crippen LogP contribution in [-0.2, 0) is 6.54 Å². The minimum absolute atomic E-state index is 0.218. The second-order valence-electron chi connectivity index (χ2n) is 6.66. The molecule has 0 fully saturated rings. The number of aromatic nitrogens is 2. The van der Waals surface area contributed by atoms with Crippen LogP contribution in [0.1, 0.15) is 26.4 Å². The number of aryl methyl sites for hydroxylation is 1. The highest BCUT2D eigenvalue weighted by Gasteiger charge is 2.11. The minimum atomic E-state index is -0.218. The van der Waals surface area contributed by atoms with E-state index < -0.39 is 0 Å². The maximum Gasteiger partial charge on any atom is 0.281 e. The zero-order valence-corrected chi connectivity index (χ0v) is 16.8. The summed E-state index contributed by atoms with van der Waals surface area (Å²) in [5, 5.41) is 10.8. The largest absolute Gasteiger partial charge is 0.281 e. The average Bonchev–Trinajstić information content (AvgIpc) is 3.39. The van der Waals surface area contributed by atoms with Crippen molar-refractivity contribution in [1.29, 1.82) is 0 Å². The molecule has 0 spiro atoms. The fraction of sp³-hybridized carbons (Fsp3) is 0.0870. The van der Waals surface area contributed by atoms with Crippen LogP contribution in [-0.4, -0.2) is 21.9 Å². The Morgan fingerprint density at radius 2 is 2.00 bits per heavy atom. The van der Waals surface area contributed by atoms with E-state index in [1.165, 1.54) is 16.9 Å². The zero-order chi connectivity index (χ0) is 20.1. The lowest BCUT2D eigenvalue weighted by Crippen LogP contribution is -2.16. The first-order chi connectivity index (χ1) is 14.2. The molecule has 2 aromatic heterocycles. The summed E-state index contributed by atoms with van der Waals surface area (Å²) in [6, 6.07) is 22.0. The molecule has 0 saturated heterocycles. The van der Waals surface area contributed by atoms with E-state index in [4.69, 9.17) is 5.10 Å². The van der Waals surface area contributed by atoms with Crippen LogP contribution in [0.4, 0.5) is 0 Å². The number of rotatable bonds is 6. The number of amides is 1. The number of carbonyl (C=O) groups is 1. The van der Waals surface area contributed by atoms with Crippen molar-refractivity contribution in [3.8, 4) is 11.3 Å². The smallest absolute Gasteiger partial charge is 0.267 e. The number of hydrogen-bond donors (Lipinski definition) is 1. The molecule has 0 radical (unpaired) electrons. The van der Waals surface area contributed by atoms with Crippen LogP contribution in [0.3, 0.4) is 0 Å². The molecule has 1 amide bonds. The molecule has 5 nitrogen and oxygen atoms in total. The molecule has 0 aliphatic rings. The predicted octanol–water partition coefficient (Wildman–Crippen LogP) is 4.73. The highest BCUT2D eigenvalue weighted by atomic mass is 32.1. The molecule has 1 N–H and O–H groups in total. The topological polar surface area (TPSA) is 59.3 Å². The second kappa shape index (κ2) is 8.67. The number of thiophene rings is 1. The van der Waals surface area contributed by atoms with Crippen molar-refractivity contribution < 1.29 is 4.79 Å². The highest BCUT2D eigenvalue weighted by Crippen LogP contribution is 2.22. The molecule has 0 aliphatic carbocycles. The van der Waals surface area contributed by atoms with Crippen molar-refractivity contribution in [2.45, 2.75) is 13.5 Å². The molecule has 4 aromatic rings. The molecule has 0 unspecified atom stereocenters. The van der Waals surface area contributed by atoms with Crippen LogP contribution >= 0.6 is 11.3 Å². The van der Waals surface area contributed by atoms with Gasteiger partial charge in [-0.05, 0) is 30.0 Å². The Hall–Kier alpha value is -3.51. The number of carbonyl (C=O) groups excluding carboxylic acids is 1.